The molecule has 0 saturated heterocycles. The minimum Gasteiger partial charge on any atom is -0.462 e. The fourth-order valence-corrected chi connectivity index (χ4v) is 3.13. The van der Waals surface area contributed by atoms with E-state index in [4.69, 9.17) is 4.74 Å². The maximum atomic E-state index is 13.2. The molecule has 0 aliphatic carbocycles. The average Bonchev–Trinajstić information content (AvgIpc) is 2.92. The quantitative estimate of drug-likeness (QED) is 0.740. The molecule has 8 heteroatoms. The number of ether oxygens (including phenoxy) is 1. The van der Waals surface area contributed by atoms with Crippen LogP contribution in [0, 0.1) is 5.82 Å². The summed E-state index contributed by atoms with van der Waals surface area (Å²) < 4.78 is 18.2. The Morgan fingerprint density at radius 3 is 2.47 bits per heavy atom. The van der Waals surface area contributed by atoms with Gasteiger partial charge in [0.2, 0.25) is 5.91 Å². The Morgan fingerprint density at radius 1 is 1.13 bits per heavy atom. The number of halogens is 1. The van der Waals surface area contributed by atoms with Crippen molar-refractivity contribution >= 4 is 29.2 Å². The van der Waals surface area contributed by atoms with Gasteiger partial charge in [0.25, 0.3) is 5.91 Å². The first kappa shape index (κ1) is 21.2. The number of anilines is 1. The highest BCUT2D eigenvalue weighted by molar-refractivity contribution is 6.47. The van der Waals surface area contributed by atoms with Crippen molar-refractivity contribution in [3.8, 4) is 0 Å². The van der Waals surface area contributed by atoms with Gasteiger partial charge in [-0.05, 0) is 57.2 Å². The lowest BCUT2D eigenvalue weighted by Crippen LogP contribution is -2.46. The molecule has 2 aromatic carbocycles. The van der Waals surface area contributed by atoms with Crippen molar-refractivity contribution < 1.29 is 23.5 Å². The van der Waals surface area contributed by atoms with E-state index in [9.17, 15) is 18.8 Å². The molecular formula is C22H22FN3O4. The minimum atomic E-state index is -0.960. The van der Waals surface area contributed by atoms with Gasteiger partial charge in [-0.15, -0.1) is 0 Å². The number of nitrogens with zero attached hydrogens (tertiary/aromatic N) is 2. The lowest BCUT2D eigenvalue weighted by atomic mass is 10.1. The van der Waals surface area contributed by atoms with Crippen LogP contribution < -0.4 is 5.32 Å². The molecule has 0 bridgehead atoms. The molecule has 0 spiro atoms. The predicted octanol–water partition coefficient (Wildman–Crippen LogP) is 3.01. The molecule has 1 heterocycles. The van der Waals surface area contributed by atoms with E-state index in [2.05, 4.69) is 10.3 Å². The van der Waals surface area contributed by atoms with Gasteiger partial charge in [-0.3, -0.25) is 14.6 Å². The van der Waals surface area contributed by atoms with Crippen LogP contribution in [0.4, 0.5) is 10.1 Å². The van der Waals surface area contributed by atoms with Crippen molar-refractivity contribution in [1.29, 1.82) is 0 Å². The monoisotopic (exact) mass is 411 g/mol. The van der Waals surface area contributed by atoms with Crippen LogP contribution in [0.25, 0.3) is 0 Å². The second kappa shape index (κ2) is 8.44. The van der Waals surface area contributed by atoms with E-state index in [1.54, 1.807) is 45.0 Å². The van der Waals surface area contributed by atoms with Crippen LogP contribution in [0.1, 0.15) is 36.7 Å². The van der Waals surface area contributed by atoms with Crippen LogP contribution >= 0.6 is 0 Å². The predicted molar refractivity (Wildman–Crippen MR) is 110 cm³/mol. The molecule has 156 valence electrons. The zero-order chi connectivity index (χ0) is 21.9. The molecule has 2 amide bonds. The number of para-hydroxylation sites is 1. The van der Waals surface area contributed by atoms with Gasteiger partial charge in [-0.2, -0.15) is 0 Å². The van der Waals surface area contributed by atoms with Crippen molar-refractivity contribution in [3.05, 3.63) is 65.5 Å². The van der Waals surface area contributed by atoms with E-state index in [1.165, 1.54) is 29.2 Å². The number of esters is 1. The number of rotatable bonds is 6. The van der Waals surface area contributed by atoms with E-state index < -0.39 is 29.3 Å². The Morgan fingerprint density at radius 2 is 1.80 bits per heavy atom. The summed E-state index contributed by atoms with van der Waals surface area (Å²) >= 11 is 0. The molecule has 0 atom stereocenters. The number of nitrogens with one attached hydrogen (secondary N) is 1. The van der Waals surface area contributed by atoms with Crippen molar-refractivity contribution in [2.45, 2.75) is 26.4 Å². The summed E-state index contributed by atoms with van der Waals surface area (Å²) in [7, 11) is 0. The lowest BCUT2D eigenvalue weighted by molar-refractivity contribution is -0.131. The normalized spacial score (nSPS) is 15.0. The number of benzene rings is 2. The number of carbonyl (C=O) groups excluding carboxylic acids is 3. The number of amides is 2. The van der Waals surface area contributed by atoms with Gasteiger partial charge in [0.1, 0.15) is 23.7 Å². The Bertz CT molecular complexity index is 1020. The molecule has 1 N–H and O–H groups in total. The third-order valence-corrected chi connectivity index (χ3v) is 4.61. The number of carbonyl (C=O) groups is 3. The van der Waals surface area contributed by atoms with Gasteiger partial charge in [0, 0.05) is 5.56 Å². The molecule has 0 unspecified atom stereocenters. The van der Waals surface area contributed by atoms with E-state index in [0.717, 1.165) is 0 Å². The summed E-state index contributed by atoms with van der Waals surface area (Å²) in [6.07, 6.45) is 0. The lowest BCUT2D eigenvalue weighted by Gasteiger charge is -2.28. The first-order valence-corrected chi connectivity index (χ1v) is 9.46. The van der Waals surface area contributed by atoms with Gasteiger partial charge in [0.05, 0.1) is 17.9 Å². The van der Waals surface area contributed by atoms with E-state index in [1.807, 2.05) is 0 Å². The highest BCUT2D eigenvalue weighted by Crippen LogP contribution is 2.26. The highest BCUT2D eigenvalue weighted by Gasteiger charge is 2.41. The topological polar surface area (TPSA) is 88.1 Å². The number of hydrogen-bond donors (Lipinski definition) is 1. The first-order valence-electron chi connectivity index (χ1n) is 9.46. The van der Waals surface area contributed by atoms with E-state index in [-0.39, 0.29) is 24.4 Å². The third-order valence-electron chi connectivity index (χ3n) is 4.61. The summed E-state index contributed by atoms with van der Waals surface area (Å²) in [5, 5.41) is 2.66. The second-order valence-electron chi connectivity index (χ2n) is 7.17. The summed E-state index contributed by atoms with van der Waals surface area (Å²) in [5.74, 6) is -1.88. The molecule has 1 aliphatic heterocycles. The second-order valence-corrected chi connectivity index (χ2v) is 7.17. The Hall–Kier alpha value is -3.55. The van der Waals surface area contributed by atoms with Gasteiger partial charge < -0.3 is 15.0 Å². The maximum absolute atomic E-state index is 13.2. The molecule has 2 aromatic rings. The zero-order valence-electron chi connectivity index (χ0n) is 16.9. The molecule has 0 saturated carbocycles. The average molecular weight is 411 g/mol. The van der Waals surface area contributed by atoms with Crippen LogP contribution in [0.15, 0.2) is 53.5 Å². The first-order chi connectivity index (χ1) is 14.2. The minimum absolute atomic E-state index is 0.166. The van der Waals surface area contributed by atoms with Crippen molar-refractivity contribution in [2.75, 3.05) is 18.5 Å². The van der Waals surface area contributed by atoms with Gasteiger partial charge in [0.15, 0.2) is 0 Å². The smallest absolute Gasteiger partial charge is 0.340 e. The molecule has 0 aromatic heterocycles. The zero-order valence-corrected chi connectivity index (χ0v) is 16.9. The van der Waals surface area contributed by atoms with E-state index in [0.29, 0.717) is 11.3 Å². The van der Waals surface area contributed by atoms with Crippen LogP contribution in [-0.4, -0.2) is 47.2 Å². The van der Waals surface area contributed by atoms with Crippen LogP contribution in [-0.2, 0) is 14.3 Å². The summed E-state index contributed by atoms with van der Waals surface area (Å²) in [6, 6.07) is 11.9. The largest absolute Gasteiger partial charge is 0.462 e. The fourth-order valence-electron chi connectivity index (χ4n) is 3.13. The Labute approximate surface area is 173 Å². The highest BCUT2D eigenvalue weighted by atomic mass is 19.1. The van der Waals surface area contributed by atoms with Crippen LogP contribution in [0.2, 0.25) is 0 Å². The Balaban J connectivity index is 1.76. The number of hydrogen-bond acceptors (Lipinski definition) is 5. The molecule has 3 rings (SSSR count). The molecule has 1 aliphatic rings. The number of aliphatic imine (C=N–C) groups is 1. The van der Waals surface area contributed by atoms with E-state index >= 15 is 0 Å². The summed E-state index contributed by atoms with van der Waals surface area (Å²) in [6.45, 7) is 5.06. The van der Waals surface area contributed by atoms with Crippen molar-refractivity contribution in [3.63, 3.8) is 0 Å². The Kier molecular flexibility index (Phi) is 5.96. The standard InChI is InChI=1S/C22H22FN3O4/c1-4-30-21(29)16-7-5-6-8-17(16)24-18(27)13-26-20(28)19(25-22(26,2)3)14-9-11-15(23)12-10-14/h5-12H,4,13H2,1-3H3,(H,24,27). The summed E-state index contributed by atoms with van der Waals surface area (Å²) in [4.78, 5) is 43.4. The van der Waals surface area contributed by atoms with Gasteiger partial charge >= 0.3 is 5.97 Å². The van der Waals surface area contributed by atoms with Gasteiger partial charge in [-0.25, -0.2) is 9.18 Å². The molecule has 7 nitrogen and oxygen atoms in total. The SMILES string of the molecule is CCOC(=O)c1ccccc1NC(=O)CN1C(=O)C(c2ccc(F)cc2)=NC1(C)C. The van der Waals surface area contributed by atoms with Crippen molar-refractivity contribution in [1.82, 2.24) is 4.90 Å². The molecule has 0 fully saturated rings. The van der Waals surface area contributed by atoms with Crippen molar-refractivity contribution in [2.24, 2.45) is 4.99 Å². The molecular weight excluding hydrogens is 389 g/mol. The van der Waals surface area contributed by atoms with Crippen LogP contribution in [0.3, 0.4) is 0 Å². The fraction of sp³-hybridized carbons (Fsp3) is 0.273. The molecule has 30 heavy (non-hydrogen) atoms. The van der Waals surface area contributed by atoms with Gasteiger partial charge in [-0.1, -0.05) is 12.1 Å². The van der Waals surface area contributed by atoms with Crippen LogP contribution in [0.5, 0.6) is 0 Å². The summed E-state index contributed by atoms with van der Waals surface area (Å²) in [5.41, 5.74) is 0.205. The third kappa shape index (κ3) is 4.37. The maximum Gasteiger partial charge on any atom is 0.340 e. The molecule has 0 radical (unpaired) electrons.